The average Bonchev–Trinajstić information content (AvgIpc) is 2.61. The van der Waals surface area contributed by atoms with Gasteiger partial charge in [-0.3, -0.25) is 0 Å². The number of para-hydroxylation sites is 1. The highest BCUT2D eigenvalue weighted by atomic mass is 35.5. The molecule has 0 fully saturated rings. The second-order valence-electron chi connectivity index (χ2n) is 5.32. The van der Waals surface area contributed by atoms with Crippen LogP contribution in [0.15, 0.2) is 42.5 Å². The lowest BCUT2D eigenvalue weighted by Gasteiger charge is -2.13. The van der Waals surface area contributed by atoms with E-state index in [0.717, 1.165) is 0 Å². The Bertz CT molecular complexity index is 1020. The van der Waals surface area contributed by atoms with E-state index < -0.39 is 5.82 Å². The first-order valence-corrected chi connectivity index (χ1v) is 7.86. The number of benzene rings is 2. The van der Waals surface area contributed by atoms with E-state index in [9.17, 15) is 9.65 Å². The topological polar surface area (TPSA) is 111 Å². The van der Waals surface area contributed by atoms with Crippen molar-refractivity contribution in [2.24, 2.45) is 0 Å². The summed E-state index contributed by atoms with van der Waals surface area (Å²) in [4.78, 5) is 7.93. The van der Waals surface area contributed by atoms with E-state index in [1.807, 2.05) is 6.07 Å². The van der Waals surface area contributed by atoms with E-state index in [1.165, 1.54) is 12.1 Å². The third-order valence-corrected chi connectivity index (χ3v) is 3.96. The van der Waals surface area contributed by atoms with Crippen LogP contribution in [0.1, 0.15) is 11.1 Å². The lowest BCUT2D eigenvalue weighted by Crippen LogP contribution is -2.06. The third-order valence-electron chi connectivity index (χ3n) is 3.61. The van der Waals surface area contributed by atoms with Gasteiger partial charge in [0.05, 0.1) is 10.7 Å². The molecule has 8 heteroatoms. The first kappa shape index (κ1) is 17.5. The minimum atomic E-state index is -0.426. The Hall–Kier alpha value is -3.37. The molecule has 2 aromatic carbocycles. The van der Waals surface area contributed by atoms with Crippen LogP contribution in [0.5, 0.6) is 5.75 Å². The van der Waals surface area contributed by atoms with Gasteiger partial charge in [0.2, 0.25) is 5.95 Å². The molecule has 0 bridgehead atoms. The molecule has 0 atom stereocenters. The molecule has 0 saturated carbocycles. The van der Waals surface area contributed by atoms with Gasteiger partial charge in [0.15, 0.2) is 0 Å². The Balaban J connectivity index is 1.99. The molecule has 0 amide bonds. The predicted molar refractivity (Wildman–Crippen MR) is 96.7 cm³/mol. The number of halogens is 2. The summed E-state index contributed by atoms with van der Waals surface area (Å²) in [6.07, 6.45) is 0. The zero-order valence-corrected chi connectivity index (χ0v) is 14.2. The molecule has 3 aromatic rings. The van der Waals surface area contributed by atoms with Crippen molar-refractivity contribution in [3.8, 4) is 23.1 Å². The highest BCUT2D eigenvalue weighted by molar-refractivity contribution is 6.31. The summed E-state index contributed by atoms with van der Waals surface area (Å²) in [5, 5.41) is 9.63. The highest BCUT2D eigenvalue weighted by Gasteiger charge is 2.17. The molecule has 0 aliphatic carbocycles. The normalized spacial score (nSPS) is 10.3. The fraction of sp³-hybridized carbons (Fsp3) is 0.0556. The number of anilines is 2. The third kappa shape index (κ3) is 3.50. The van der Waals surface area contributed by atoms with Crippen LogP contribution >= 0.6 is 11.6 Å². The summed E-state index contributed by atoms with van der Waals surface area (Å²) in [5.74, 6) is -0.0362. The van der Waals surface area contributed by atoms with Crippen molar-refractivity contribution in [1.29, 1.82) is 5.26 Å². The van der Waals surface area contributed by atoms with Gasteiger partial charge in [-0.1, -0.05) is 29.8 Å². The first-order valence-electron chi connectivity index (χ1n) is 7.49. The van der Waals surface area contributed by atoms with Crippen LogP contribution < -0.4 is 16.2 Å². The van der Waals surface area contributed by atoms with E-state index in [2.05, 4.69) is 9.97 Å². The van der Waals surface area contributed by atoms with Gasteiger partial charge in [-0.2, -0.15) is 10.2 Å². The largest absolute Gasteiger partial charge is 0.488 e. The molecule has 3 rings (SSSR count). The number of aromatic nitrogens is 2. The number of nitriles is 1. The van der Waals surface area contributed by atoms with Crippen LogP contribution in [0.3, 0.4) is 0 Å². The van der Waals surface area contributed by atoms with Crippen LogP contribution in [0.4, 0.5) is 16.2 Å². The molecule has 0 aliphatic rings. The molecule has 0 unspecified atom stereocenters. The Morgan fingerprint density at radius 3 is 2.65 bits per heavy atom. The Labute approximate surface area is 153 Å². The fourth-order valence-electron chi connectivity index (χ4n) is 2.38. The molecule has 0 saturated heterocycles. The molecule has 130 valence electrons. The van der Waals surface area contributed by atoms with E-state index in [-0.39, 0.29) is 34.7 Å². The number of nitrogen functional groups attached to an aromatic ring is 2. The summed E-state index contributed by atoms with van der Waals surface area (Å²) in [6, 6.07) is 13.0. The molecule has 1 heterocycles. The van der Waals surface area contributed by atoms with Crippen molar-refractivity contribution < 1.29 is 9.13 Å². The maximum atomic E-state index is 13.2. The fourth-order valence-corrected chi connectivity index (χ4v) is 2.61. The number of nitrogens with zero attached hydrogens (tertiary/aromatic N) is 3. The Morgan fingerprint density at radius 1 is 1.15 bits per heavy atom. The van der Waals surface area contributed by atoms with Gasteiger partial charge in [-0.15, -0.1) is 0 Å². The number of nitrogens with two attached hydrogens (primary N) is 2. The first-order chi connectivity index (χ1) is 12.5. The summed E-state index contributed by atoms with van der Waals surface area (Å²) >= 11 is 6.03. The van der Waals surface area contributed by atoms with E-state index in [1.54, 1.807) is 30.3 Å². The van der Waals surface area contributed by atoms with Gasteiger partial charge in [0.25, 0.3) is 0 Å². The van der Waals surface area contributed by atoms with Crippen molar-refractivity contribution in [2.75, 3.05) is 11.5 Å². The average molecular weight is 370 g/mol. The second kappa shape index (κ2) is 7.25. The van der Waals surface area contributed by atoms with E-state index in [4.69, 9.17) is 27.8 Å². The lowest BCUT2D eigenvalue weighted by molar-refractivity contribution is 0.307. The molecule has 6 nitrogen and oxygen atoms in total. The number of rotatable bonds is 4. The Kier molecular flexibility index (Phi) is 4.87. The van der Waals surface area contributed by atoms with E-state index >= 15 is 0 Å². The summed E-state index contributed by atoms with van der Waals surface area (Å²) in [7, 11) is 0. The van der Waals surface area contributed by atoms with E-state index in [0.29, 0.717) is 16.9 Å². The predicted octanol–water partition coefficient (Wildman–Crippen LogP) is 3.55. The molecule has 26 heavy (non-hydrogen) atoms. The standard InChI is InChI=1S/C18H13ClFN5O/c19-14-7-11(20)6-5-10(14)9-26-15-4-2-1-3-12(15)16-13(8-21)17(22)25-18(23)24-16/h1-7H,9H2,(H4,22,23,24,25). The van der Waals surface area contributed by atoms with Crippen molar-refractivity contribution in [2.45, 2.75) is 6.61 Å². The monoisotopic (exact) mass is 369 g/mol. The van der Waals surface area contributed by atoms with Gasteiger partial charge in [0.1, 0.15) is 35.6 Å². The lowest BCUT2D eigenvalue weighted by atomic mass is 10.1. The number of hydrogen-bond acceptors (Lipinski definition) is 6. The number of hydrogen-bond donors (Lipinski definition) is 2. The molecule has 0 spiro atoms. The minimum absolute atomic E-state index is 0.00798. The zero-order chi connectivity index (χ0) is 18.7. The van der Waals surface area contributed by atoms with Crippen LogP contribution in [-0.2, 0) is 6.61 Å². The van der Waals surface area contributed by atoms with Gasteiger partial charge < -0.3 is 16.2 Å². The quantitative estimate of drug-likeness (QED) is 0.727. The van der Waals surface area contributed by atoms with Gasteiger partial charge >= 0.3 is 0 Å². The Morgan fingerprint density at radius 2 is 1.92 bits per heavy atom. The van der Waals surface area contributed by atoms with Gasteiger partial charge in [0, 0.05) is 11.1 Å². The van der Waals surface area contributed by atoms with Gasteiger partial charge in [-0.05, 0) is 24.3 Å². The molecular formula is C18H13ClFN5O. The zero-order valence-electron chi connectivity index (χ0n) is 13.4. The van der Waals surface area contributed by atoms with Crippen LogP contribution in [0, 0.1) is 17.1 Å². The van der Waals surface area contributed by atoms with Crippen LogP contribution in [0.25, 0.3) is 11.3 Å². The molecule has 0 aliphatic heterocycles. The minimum Gasteiger partial charge on any atom is -0.488 e. The summed E-state index contributed by atoms with van der Waals surface area (Å²) in [6.45, 7) is 0.105. The number of ether oxygens (including phenoxy) is 1. The van der Waals surface area contributed by atoms with Crippen molar-refractivity contribution in [1.82, 2.24) is 9.97 Å². The summed E-state index contributed by atoms with van der Waals surface area (Å²) < 4.78 is 19.0. The maximum Gasteiger partial charge on any atom is 0.222 e. The van der Waals surface area contributed by atoms with Crippen LogP contribution in [0.2, 0.25) is 5.02 Å². The SMILES string of the molecule is N#Cc1c(N)nc(N)nc1-c1ccccc1OCc1ccc(F)cc1Cl. The molecule has 1 aromatic heterocycles. The molecule has 4 N–H and O–H groups in total. The summed E-state index contributed by atoms with van der Waals surface area (Å²) in [5.41, 5.74) is 13.0. The smallest absolute Gasteiger partial charge is 0.222 e. The van der Waals surface area contributed by atoms with Crippen molar-refractivity contribution >= 4 is 23.4 Å². The maximum absolute atomic E-state index is 13.2. The molecular weight excluding hydrogens is 357 g/mol. The molecule has 0 radical (unpaired) electrons. The van der Waals surface area contributed by atoms with Crippen molar-refractivity contribution in [3.63, 3.8) is 0 Å². The second-order valence-corrected chi connectivity index (χ2v) is 5.73. The van der Waals surface area contributed by atoms with Crippen LogP contribution in [-0.4, -0.2) is 9.97 Å². The highest BCUT2D eigenvalue weighted by Crippen LogP contribution is 2.33. The van der Waals surface area contributed by atoms with Gasteiger partial charge in [-0.25, -0.2) is 9.37 Å². The van der Waals surface area contributed by atoms with Crippen molar-refractivity contribution in [3.05, 3.63) is 64.4 Å².